The minimum Gasteiger partial charge on any atom is -0.295 e. The van der Waals surface area contributed by atoms with E-state index in [1.54, 1.807) is 0 Å². The minimum absolute atomic E-state index is 0.580. The second-order valence-electron chi connectivity index (χ2n) is 3.95. The maximum absolute atomic E-state index is 4.45. The van der Waals surface area contributed by atoms with Gasteiger partial charge in [0.1, 0.15) is 0 Å². The van der Waals surface area contributed by atoms with Gasteiger partial charge in [-0.25, -0.2) is 0 Å². The molecule has 1 aliphatic rings. The predicted octanol–water partition coefficient (Wildman–Crippen LogP) is 2.63. The van der Waals surface area contributed by atoms with Crippen molar-refractivity contribution in [3.8, 4) is 0 Å². The number of hydrogen-bond acceptors (Lipinski definition) is 2. The Balaban J connectivity index is 2.10. The summed E-state index contributed by atoms with van der Waals surface area (Å²) in [6, 6.07) is 6.81. The molecule has 2 rings (SSSR count). The third-order valence-electron chi connectivity index (χ3n) is 2.90. The van der Waals surface area contributed by atoms with Gasteiger partial charge in [-0.3, -0.25) is 9.88 Å². The van der Waals surface area contributed by atoms with Crippen LogP contribution in [0, 0.1) is 0 Å². The Kier molecular flexibility index (Phi) is 3.14. The number of likely N-dealkylation sites (tertiary alicyclic amines) is 1. The van der Waals surface area contributed by atoms with Crippen LogP contribution in [0.1, 0.15) is 37.9 Å². The summed E-state index contributed by atoms with van der Waals surface area (Å²) in [7, 11) is 0. The summed E-state index contributed by atoms with van der Waals surface area (Å²) >= 11 is 0. The summed E-state index contributed by atoms with van der Waals surface area (Å²) in [4.78, 5) is 7.01. The van der Waals surface area contributed by atoms with Crippen molar-refractivity contribution in [2.45, 2.75) is 32.2 Å². The molecule has 2 nitrogen and oxygen atoms in total. The van der Waals surface area contributed by atoms with E-state index in [1.165, 1.54) is 38.0 Å². The Morgan fingerprint density at radius 1 is 1.50 bits per heavy atom. The molecule has 0 bridgehead atoms. The number of aromatic nitrogens is 1. The van der Waals surface area contributed by atoms with E-state index in [0.717, 1.165) is 0 Å². The number of hydrogen-bond donors (Lipinski definition) is 0. The fourth-order valence-corrected chi connectivity index (χ4v) is 2.29. The highest BCUT2D eigenvalue weighted by molar-refractivity contribution is 5.10. The highest BCUT2D eigenvalue weighted by atomic mass is 15.2. The van der Waals surface area contributed by atoms with Gasteiger partial charge in [-0.1, -0.05) is 13.0 Å². The monoisotopic (exact) mass is 190 g/mol. The van der Waals surface area contributed by atoms with Gasteiger partial charge in [-0.05, 0) is 44.5 Å². The molecule has 1 atom stereocenters. The topological polar surface area (TPSA) is 16.1 Å². The lowest BCUT2D eigenvalue weighted by Crippen LogP contribution is -2.24. The van der Waals surface area contributed by atoms with Crippen LogP contribution in [0.4, 0.5) is 0 Å². The van der Waals surface area contributed by atoms with Gasteiger partial charge in [0, 0.05) is 6.20 Å². The Morgan fingerprint density at radius 2 is 2.43 bits per heavy atom. The van der Waals surface area contributed by atoms with Crippen LogP contribution in [0.5, 0.6) is 0 Å². The Morgan fingerprint density at radius 3 is 3.14 bits per heavy atom. The zero-order valence-corrected chi connectivity index (χ0v) is 8.82. The summed E-state index contributed by atoms with van der Waals surface area (Å²) < 4.78 is 0. The molecular weight excluding hydrogens is 172 g/mol. The number of rotatable bonds is 3. The van der Waals surface area contributed by atoms with Crippen molar-refractivity contribution in [3.63, 3.8) is 0 Å². The first-order valence-corrected chi connectivity index (χ1v) is 5.57. The van der Waals surface area contributed by atoms with Crippen LogP contribution in [0.15, 0.2) is 24.4 Å². The van der Waals surface area contributed by atoms with E-state index in [1.807, 2.05) is 12.3 Å². The molecule has 14 heavy (non-hydrogen) atoms. The fourth-order valence-electron chi connectivity index (χ4n) is 2.29. The van der Waals surface area contributed by atoms with Gasteiger partial charge >= 0.3 is 0 Å². The molecule has 0 radical (unpaired) electrons. The molecular formula is C12H18N2. The first kappa shape index (κ1) is 9.66. The van der Waals surface area contributed by atoms with Gasteiger partial charge in [0.2, 0.25) is 0 Å². The average Bonchev–Trinajstić information content (AvgIpc) is 2.68. The molecule has 0 N–H and O–H groups in total. The summed E-state index contributed by atoms with van der Waals surface area (Å²) in [5.74, 6) is 0. The third kappa shape index (κ3) is 1.95. The molecule has 0 spiro atoms. The zero-order chi connectivity index (χ0) is 9.80. The molecule has 76 valence electrons. The second-order valence-corrected chi connectivity index (χ2v) is 3.95. The maximum atomic E-state index is 4.45. The first-order valence-electron chi connectivity index (χ1n) is 5.57. The van der Waals surface area contributed by atoms with Gasteiger partial charge in [-0.2, -0.15) is 0 Å². The zero-order valence-electron chi connectivity index (χ0n) is 8.82. The molecule has 1 fully saturated rings. The molecule has 0 unspecified atom stereocenters. The lowest BCUT2D eigenvalue weighted by molar-refractivity contribution is 0.253. The van der Waals surface area contributed by atoms with Gasteiger partial charge in [0.05, 0.1) is 11.7 Å². The second kappa shape index (κ2) is 4.56. The van der Waals surface area contributed by atoms with Crippen LogP contribution in [-0.2, 0) is 0 Å². The van der Waals surface area contributed by atoms with E-state index in [4.69, 9.17) is 0 Å². The van der Waals surface area contributed by atoms with E-state index >= 15 is 0 Å². The maximum Gasteiger partial charge on any atom is 0.0575 e. The molecule has 2 heterocycles. The Bertz CT molecular complexity index is 271. The smallest absolute Gasteiger partial charge is 0.0575 e. The SMILES string of the molecule is CCCN1CCC[C@@H]1c1ccccn1. The Labute approximate surface area is 86.0 Å². The van der Waals surface area contributed by atoms with Crippen molar-refractivity contribution < 1.29 is 0 Å². The number of nitrogens with zero attached hydrogens (tertiary/aromatic N) is 2. The Hall–Kier alpha value is -0.890. The molecule has 1 saturated heterocycles. The molecule has 0 amide bonds. The van der Waals surface area contributed by atoms with Gasteiger partial charge in [-0.15, -0.1) is 0 Å². The molecule has 0 aromatic carbocycles. The van der Waals surface area contributed by atoms with Crippen LogP contribution >= 0.6 is 0 Å². The van der Waals surface area contributed by atoms with E-state index < -0.39 is 0 Å². The van der Waals surface area contributed by atoms with E-state index in [0.29, 0.717) is 6.04 Å². The molecule has 2 heteroatoms. The van der Waals surface area contributed by atoms with Gasteiger partial charge < -0.3 is 0 Å². The van der Waals surface area contributed by atoms with Crippen molar-refractivity contribution in [1.29, 1.82) is 0 Å². The van der Waals surface area contributed by atoms with Gasteiger partial charge in [0.25, 0.3) is 0 Å². The van der Waals surface area contributed by atoms with Gasteiger partial charge in [0.15, 0.2) is 0 Å². The van der Waals surface area contributed by atoms with Crippen LogP contribution in [-0.4, -0.2) is 23.0 Å². The van der Waals surface area contributed by atoms with Crippen molar-refractivity contribution >= 4 is 0 Å². The summed E-state index contributed by atoms with van der Waals surface area (Å²) in [5.41, 5.74) is 1.25. The quantitative estimate of drug-likeness (QED) is 0.728. The largest absolute Gasteiger partial charge is 0.295 e. The van der Waals surface area contributed by atoms with E-state index in [-0.39, 0.29) is 0 Å². The first-order chi connectivity index (χ1) is 6.92. The third-order valence-corrected chi connectivity index (χ3v) is 2.90. The van der Waals surface area contributed by atoms with Crippen molar-refractivity contribution in [1.82, 2.24) is 9.88 Å². The van der Waals surface area contributed by atoms with E-state index in [9.17, 15) is 0 Å². The predicted molar refractivity (Wildman–Crippen MR) is 58.1 cm³/mol. The summed E-state index contributed by atoms with van der Waals surface area (Å²) in [6.07, 6.45) is 5.74. The average molecular weight is 190 g/mol. The molecule has 0 aliphatic carbocycles. The molecule has 1 aliphatic heterocycles. The van der Waals surface area contributed by atoms with E-state index in [2.05, 4.69) is 28.9 Å². The van der Waals surface area contributed by atoms with Crippen molar-refractivity contribution in [2.75, 3.05) is 13.1 Å². The van der Waals surface area contributed by atoms with Crippen molar-refractivity contribution in [2.24, 2.45) is 0 Å². The van der Waals surface area contributed by atoms with Crippen LogP contribution in [0.25, 0.3) is 0 Å². The number of pyridine rings is 1. The van der Waals surface area contributed by atoms with Crippen molar-refractivity contribution in [3.05, 3.63) is 30.1 Å². The highest BCUT2D eigenvalue weighted by Gasteiger charge is 2.25. The lowest BCUT2D eigenvalue weighted by atomic mass is 10.1. The van der Waals surface area contributed by atoms with Crippen LogP contribution in [0.2, 0.25) is 0 Å². The normalized spacial score (nSPS) is 22.8. The van der Waals surface area contributed by atoms with Crippen LogP contribution in [0.3, 0.4) is 0 Å². The standard InChI is InChI=1S/C12H18N2/c1-2-9-14-10-5-7-12(14)11-6-3-4-8-13-11/h3-4,6,8,12H,2,5,7,9-10H2,1H3/t12-/m1/s1. The summed E-state index contributed by atoms with van der Waals surface area (Å²) in [5, 5.41) is 0. The molecule has 0 saturated carbocycles. The molecule has 1 aromatic rings. The highest BCUT2D eigenvalue weighted by Crippen LogP contribution is 2.30. The lowest BCUT2D eigenvalue weighted by Gasteiger charge is -2.23. The minimum atomic E-state index is 0.580. The summed E-state index contributed by atoms with van der Waals surface area (Å²) in [6.45, 7) is 4.70. The molecule has 1 aromatic heterocycles. The van der Waals surface area contributed by atoms with Crippen LogP contribution < -0.4 is 0 Å². The fraction of sp³-hybridized carbons (Fsp3) is 0.583.